The molecule has 0 bridgehead atoms. The Balaban J connectivity index is 1.48. The molecule has 1 spiro atoms. The van der Waals surface area contributed by atoms with E-state index in [-0.39, 0.29) is 24.7 Å². The summed E-state index contributed by atoms with van der Waals surface area (Å²) in [5, 5.41) is 11.5. The van der Waals surface area contributed by atoms with Crippen LogP contribution in [0, 0.1) is 5.92 Å². The standard InChI is InChI=1S/C30H41NO8/c1-19(2)8-5-6-11-30(34,17-25(32)36-4)28(33)39-27-24(35-3)16-29-10-7-12-31(29)13-9-20-14-22-23(38-18-37-22)15-21(20)26(27)29/h14-16,19,26-27,34H,5-13,17-18H2,1-4H3/t26-,27-,29+,30-/m1/s1. The summed E-state index contributed by atoms with van der Waals surface area (Å²) < 4.78 is 28.3. The molecule has 0 saturated carbocycles. The van der Waals surface area contributed by atoms with Crippen LogP contribution in [-0.4, -0.2) is 73.3 Å². The van der Waals surface area contributed by atoms with Gasteiger partial charge in [-0.15, -0.1) is 0 Å². The topological polar surface area (TPSA) is 104 Å². The minimum atomic E-state index is -1.99. The minimum absolute atomic E-state index is 0.115. The van der Waals surface area contributed by atoms with Gasteiger partial charge in [0.05, 0.1) is 32.1 Å². The van der Waals surface area contributed by atoms with Crippen LogP contribution in [-0.2, 0) is 30.2 Å². The number of rotatable bonds is 10. The zero-order valence-corrected chi connectivity index (χ0v) is 23.5. The number of hydrogen-bond acceptors (Lipinski definition) is 9. The van der Waals surface area contributed by atoms with Gasteiger partial charge in [-0.25, -0.2) is 4.79 Å². The Morgan fingerprint density at radius 3 is 2.67 bits per heavy atom. The van der Waals surface area contributed by atoms with Crippen molar-refractivity contribution in [1.82, 2.24) is 4.90 Å². The Morgan fingerprint density at radius 1 is 1.18 bits per heavy atom. The highest BCUT2D eigenvalue weighted by molar-refractivity contribution is 5.86. The molecule has 1 N–H and O–H groups in total. The van der Waals surface area contributed by atoms with Gasteiger partial charge in [-0.1, -0.05) is 26.7 Å². The van der Waals surface area contributed by atoms with Crippen LogP contribution in [0.25, 0.3) is 0 Å². The summed E-state index contributed by atoms with van der Waals surface area (Å²) in [7, 11) is 2.83. The number of hydrogen-bond donors (Lipinski definition) is 1. The third kappa shape index (κ3) is 5.11. The lowest BCUT2D eigenvalue weighted by Crippen LogP contribution is -2.49. The van der Waals surface area contributed by atoms with Gasteiger partial charge in [0, 0.05) is 6.54 Å². The summed E-state index contributed by atoms with van der Waals surface area (Å²) >= 11 is 0. The fraction of sp³-hybridized carbons (Fsp3) is 0.667. The number of nitrogens with zero attached hydrogens (tertiary/aromatic N) is 1. The van der Waals surface area contributed by atoms with Crippen LogP contribution in [0.5, 0.6) is 11.5 Å². The zero-order chi connectivity index (χ0) is 27.8. The highest BCUT2D eigenvalue weighted by Crippen LogP contribution is 2.55. The lowest BCUT2D eigenvalue weighted by Gasteiger charge is -2.39. The van der Waals surface area contributed by atoms with E-state index >= 15 is 0 Å². The van der Waals surface area contributed by atoms with E-state index in [0.29, 0.717) is 23.8 Å². The molecule has 0 radical (unpaired) electrons. The van der Waals surface area contributed by atoms with E-state index in [0.717, 1.165) is 62.1 Å². The molecule has 39 heavy (non-hydrogen) atoms. The van der Waals surface area contributed by atoms with E-state index in [9.17, 15) is 14.7 Å². The largest absolute Gasteiger partial charge is 0.497 e. The summed E-state index contributed by atoms with van der Waals surface area (Å²) in [5.41, 5.74) is -0.203. The van der Waals surface area contributed by atoms with Crippen molar-refractivity contribution in [2.45, 2.75) is 88.4 Å². The van der Waals surface area contributed by atoms with Crippen LogP contribution in [0.2, 0.25) is 0 Å². The van der Waals surface area contributed by atoms with Gasteiger partial charge in [0.15, 0.2) is 23.2 Å². The van der Waals surface area contributed by atoms with Crippen molar-refractivity contribution in [1.29, 1.82) is 0 Å². The van der Waals surface area contributed by atoms with Gasteiger partial charge in [0.1, 0.15) is 5.76 Å². The molecule has 1 aliphatic carbocycles. The van der Waals surface area contributed by atoms with Gasteiger partial charge in [0.25, 0.3) is 0 Å². The molecule has 1 saturated heterocycles. The first kappa shape index (κ1) is 27.8. The Bertz CT molecular complexity index is 1130. The molecule has 9 nitrogen and oxygen atoms in total. The molecule has 9 heteroatoms. The summed E-state index contributed by atoms with van der Waals surface area (Å²) in [6.45, 7) is 6.24. The highest BCUT2D eigenvalue weighted by Gasteiger charge is 2.59. The van der Waals surface area contributed by atoms with E-state index < -0.39 is 30.1 Å². The van der Waals surface area contributed by atoms with Gasteiger partial charge < -0.3 is 28.8 Å². The summed E-state index contributed by atoms with van der Waals surface area (Å²) in [6.07, 6.45) is 6.15. The van der Waals surface area contributed by atoms with Crippen LogP contribution in [0.3, 0.4) is 0 Å². The highest BCUT2D eigenvalue weighted by atomic mass is 16.7. The second-order valence-electron chi connectivity index (χ2n) is 11.7. The number of methoxy groups -OCH3 is 2. The average molecular weight is 544 g/mol. The Morgan fingerprint density at radius 2 is 1.95 bits per heavy atom. The number of carbonyl (C=O) groups excluding carboxylic acids is 2. The first-order valence-electron chi connectivity index (χ1n) is 14.2. The van der Waals surface area contributed by atoms with Crippen molar-refractivity contribution in [2.75, 3.05) is 34.1 Å². The maximum atomic E-state index is 13.8. The smallest absolute Gasteiger partial charge is 0.339 e. The number of ether oxygens (including phenoxy) is 5. The number of esters is 2. The fourth-order valence-electron chi connectivity index (χ4n) is 6.86. The predicted molar refractivity (Wildman–Crippen MR) is 142 cm³/mol. The van der Waals surface area contributed by atoms with Crippen molar-refractivity contribution in [3.05, 3.63) is 35.1 Å². The van der Waals surface area contributed by atoms with E-state index in [4.69, 9.17) is 23.7 Å². The summed E-state index contributed by atoms with van der Waals surface area (Å²) in [6, 6.07) is 4.06. The molecule has 1 aromatic rings. The number of benzene rings is 1. The van der Waals surface area contributed by atoms with Crippen LogP contribution in [0.15, 0.2) is 24.0 Å². The molecule has 4 atom stereocenters. The Hall–Kier alpha value is -2.78. The lowest BCUT2D eigenvalue weighted by atomic mass is 9.77. The van der Waals surface area contributed by atoms with Crippen LogP contribution in [0.4, 0.5) is 0 Å². The number of aliphatic hydroxyl groups is 1. The number of fused-ring (bicyclic) bond motifs is 3. The number of carbonyl (C=O) groups is 2. The van der Waals surface area contributed by atoms with Crippen molar-refractivity contribution < 1.29 is 38.4 Å². The van der Waals surface area contributed by atoms with Crippen LogP contribution in [0.1, 0.15) is 75.8 Å². The zero-order valence-electron chi connectivity index (χ0n) is 23.5. The molecule has 1 fully saturated rings. The molecule has 0 unspecified atom stereocenters. The third-order valence-electron chi connectivity index (χ3n) is 8.86. The van der Waals surface area contributed by atoms with E-state index in [1.165, 1.54) is 7.11 Å². The van der Waals surface area contributed by atoms with E-state index in [2.05, 4.69) is 24.8 Å². The van der Waals surface area contributed by atoms with E-state index in [1.807, 2.05) is 12.1 Å². The quantitative estimate of drug-likeness (QED) is 0.348. The first-order valence-corrected chi connectivity index (χ1v) is 14.2. The minimum Gasteiger partial charge on any atom is -0.497 e. The molecule has 214 valence electrons. The lowest BCUT2D eigenvalue weighted by molar-refractivity contribution is -0.178. The normalized spacial score (nSPS) is 26.7. The van der Waals surface area contributed by atoms with Gasteiger partial charge in [-0.2, -0.15) is 0 Å². The van der Waals surface area contributed by atoms with Crippen molar-refractivity contribution in [3.63, 3.8) is 0 Å². The van der Waals surface area contributed by atoms with Crippen molar-refractivity contribution in [3.8, 4) is 11.5 Å². The van der Waals surface area contributed by atoms with Gasteiger partial charge in [-0.05, 0) is 73.9 Å². The van der Waals surface area contributed by atoms with Gasteiger partial charge in [0.2, 0.25) is 6.79 Å². The second-order valence-corrected chi connectivity index (χ2v) is 11.7. The molecule has 0 aromatic heterocycles. The van der Waals surface area contributed by atoms with E-state index in [1.54, 1.807) is 7.11 Å². The van der Waals surface area contributed by atoms with Crippen molar-refractivity contribution >= 4 is 11.9 Å². The SMILES string of the molecule is COC(=O)C[C@](O)(CCCCC(C)C)C(=O)O[C@@H]1C(OC)=C[C@]23CCCN2CCc2cc4c(cc2[C@H]13)OCO4. The second kappa shape index (κ2) is 11.0. The molecular formula is C30H41NO8. The van der Waals surface area contributed by atoms with Gasteiger partial charge >= 0.3 is 11.9 Å². The molecule has 0 amide bonds. The molecule has 5 rings (SSSR count). The molecule has 3 heterocycles. The summed E-state index contributed by atoms with van der Waals surface area (Å²) in [5.74, 6) is 0.746. The van der Waals surface area contributed by atoms with Crippen LogP contribution < -0.4 is 9.47 Å². The molecular weight excluding hydrogens is 502 g/mol. The number of unbranched alkanes of at least 4 members (excludes halogenated alkanes) is 1. The van der Waals surface area contributed by atoms with Gasteiger partial charge in [-0.3, -0.25) is 9.69 Å². The molecule has 4 aliphatic rings. The van der Waals surface area contributed by atoms with Crippen molar-refractivity contribution in [2.24, 2.45) is 5.92 Å². The Kier molecular flexibility index (Phi) is 7.84. The summed E-state index contributed by atoms with van der Waals surface area (Å²) in [4.78, 5) is 28.5. The molecule has 1 aromatic carbocycles. The molecule has 3 aliphatic heterocycles. The fourth-order valence-corrected chi connectivity index (χ4v) is 6.86. The van der Waals surface area contributed by atoms with Crippen LogP contribution >= 0.6 is 0 Å². The third-order valence-corrected chi connectivity index (χ3v) is 8.86. The maximum absolute atomic E-state index is 13.8. The predicted octanol–water partition coefficient (Wildman–Crippen LogP) is 3.86. The maximum Gasteiger partial charge on any atom is 0.339 e. The average Bonchev–Trinajstić information content (AvgIpc) is 3.60. The monoisotopic (exact) mass is 543 g/mol. The first-order chi connectivity index (χ1) is 18.7. The Labute approximate surface area is 230 Å².